The van der Waals surface area contributed by atoms with Crippen molar-refractivity contribution in [1.82, 2.24) is 15.1 Å². The normalized spacial score (nSPS) is 22.1. The van der Waals surface area contributed by atoms with E-state index in [-0.39, 0.29) is 24.5 Å². The highest BCUT2D eigenvalue weighted by molar-refractivity contribution is 6.07. The summed E-state index contributed by atoms with van der Waals surface area (Å²) in [6.07, 6.45) is 2.87. The van der Waals surface area contributed by atoms with Gasteiger partial charge in [0.05, 0.1) is 12.7 Å². The molecule has 7 nitrogen and oxygen atoms in total. The lowest BCUT2D eigenvalue weighted by Crippen LogP contribution is -2.53. The van der Waals surface area contributed by atoms with Crippen molar-refractivity contribution in [3.63, 3.8) is 0 Å². The van der Waals surface area contributed by atoms with Crippen LogP contribution in [0.5, 0.6) is 0 Å². The van der Waals surface area contributed by atoms with Crippen LogP contribution in [0.1, 0.15) is 32.3 Å². The van der Waals surface area contributed by atoms with Crippen molar-refractivity contribution in [1.29, 1.82) is 0 Å². The summed E-state index contributed by atoms with van der Waals surface area (Å²) in [5.74, 6) is -0.523. The van der Waals surface area contributed by atoms with E-state index in [9.17, 15) is 14.4 Å². The molecule has 1 aromatic rings. The number of urea groups is 1. The van der Waals surface area contributed by atoms with Crippen LogP contribution in [-0.2, 0) is 20.7 Å². The number of hydrogen-bond donors (Lipinski definition) is 1. The number of ether oxygens (including phenoxy) is 1. The summed E-state index contributed by atoms with van der Waals surface area (Å²) in [6.45, 7) is 4.73. The van der Waals surface area contributed by atoms with Crippen LogP contribution in [0.15, 0.2) is 30.3 Å². The van der Waals surface area contributed by atoms with E-state index < -0.39 is 11.6 Å². The predicted molar refractivity (Wildman–Crippen MR) is 100 cm³/mol. The van der Waals surface area contributed by atoms with Gasteiger partial charge < -0.3 is 14.5 Å². The minimum absolute atomic E-state index is 0.00783. The summed E-state index contributed by atoms with van der Waals surface area (Å²) >= 11 is 0. The Bertz CT molecular complexity index is 704. The first-order valence-electron chi connectivity index (χ1n) is 9.44. The first-order chi connectivity index (χ1) is 12.9. The number of nitrogens with one attached hydrogen (secondary N) is 1. The van der Waals surface area contributed by atoms with Gasteiger partial charge in [-0.15, -0.1) is 0 Å². The van der Waals surface area contributed by atoms with Gasteiger partial charge in [-0.3, -0.25) is 14.9 Å². The van der Waals surface area contributed by atoms with Crippen molar-refractivity contribution in [2.75, 3.05) is 26.2 Å². The number of aryl methyl sites for hydroxylation is 1. The van der Waals surface area contributed by atoms with Crippen LogP contribution in [0.25, 0.3) is 0 Å². The molecule has 0 spiro atoms. The number of benzene rings is 1. The minimum Gasteiger partial charge on any atom is -0.375 e. The van der Waals surface area contributed by atoms with Gasteiger partial charge in [-0.05, 0) is 38.7 Å². The molecule has 2 saturated heterocycles. The molecule has 0 aromatic heterocycles. The molecule has 0 radical (unpaired) electrons. The van der Waals surface area contributed by atoms with Crippen molar-refractivity contribution in [2.45, 2.75) is 44.8 Å². The zero-order valence-corrected chi connectivity index (χ0v) is 15.9. The van der Waals surface area contributed by atoms with Gasteiger partial charge in [-0.2, -0.15) is 0 Å². The third-order valence-corrected chi connectivity index (χ3v) is 5.32. The smallest absolute Gasteiger partial charge is 0.325 e. The Morgan fingerprint density at radius 2 is 2.00 bits per heavy atom. The first-order valence-corrected chi connectivity index (χ1v) is 9.44. The van der Waals surface area contributed by atoms with Gasteiger partial charge in [0.2, 0.25) is 5.91 Å². The molecule has 7 heteroatoms. The average Bonchev–Trinajstić information content (AvgIpc) is 2.84. The molecule has 2 aliphatic heterocycles. The number of hydrogen-bond acceptors (Lipinski definition) is 4. The maximum absolute atomic E-state index is 12.7. The Morgan fingerprint density at radius 3 is 2.67 bits per heavy atom. The van der Waals surface area contributed by atoms with Gasteiger partial charge in [0.1, 0.15) is 12.1 Å². The van der Waals surface area contributed by atoms with Crippen molar-refractivity contribution in [2.24, 2.45) is 0 Å². The maximum atomic E-state index is 12.7. The van der Waals surface area contributed by atoms with Gasteiger partial charge in [-0.1, -0.05) is 30.3 Å². The Kier molecular flexibility index (Phi) is 5.79. The number of carbonyl (C=O) groups is 3. The summed E-state index contributed by atoms with van der Waals surface area (Å²) in [4.78, 5) is 39.5. The first kappa shape index (κ1) is 19.4. The predicted octanol–water partition coefficient (Wildman–Crippen LogP) is 1.57. The summed E-state index contributed by atoms with van der Waals surface area (Å²) in [6, 6.07) is 9.79. The van der Waals surface area contributed by atoms with Crippen LogP contribution in [-0.4, -0.2) is 65.5 Å². The molecule has 0 aliphatic carbocycles. The highest BCUT2D eigenvalue weighted by atomic mass is 16.5. The van der Waals surface area contributed by atoms with Gasteiger partial charge in [0.25, 0.3) is 5.91 Å². The number of rotatable bonds is 6. The van der Waals surface area contributed by atoms with E-state index in [2.05, 4.69) is 17.4 Å². The second-order valence-electron chi connectivity index (χ2n) is 7.61. The zero-order valence-electron chi connectivity index (χ0n) is 15.9. The largest absolute Gasteiger partial charge is 0.375 e. The molecule has 3 rings (SSSR count). The van der Waals surface area contributed by atoms with Crippen molar-refractivity contribution in [3.05, 3.63) is 35.9 Å². The van der Waals surface area contributed by atoms with Crippen LogP contribution >= 0.6 is 0 Å². The van der Waals surface area contributed by atoms with E-state index in [1.165, 1.54) is 10.5 Å². The molecule has 146 valence electrons. The van der Waals surface area contributed by atoms with Crippen LogP contribution in [0.3, 0.4) is 0 Å². The fraction of sp³-hybridized carbons (Fsp3) is 0.550. The van der Waals surface area contributed by atoms with Gasteiger partial charge in [-0.25, -0.2) is 4.79 Å². The van der Waals surface area contributed by atoms with E-state index in [4.69, 9.17) is 4.74 Å². The highest BCUT2D eigenvalue weighted by Crippen LogP contribution is 2.21. The molecule has 1 atom stereocenters. The Labute approximate surface area is 159 Å². The highest BCUT2D eigenvalue weighted by Gasteiger charge is 2.46. The Morgan fingerprint density at radius 1 is 1.26 bits per heavy atom. The minimum atomic E-state index is -1.01. The molecule has 4 amide bonds. The number of imide groups is 1. The summed E-state index contributed by atoms with van der Waals surface area (Å²) in [5.41, 5.74) is 0.293. The lowest BCUT2D eigenvalue weighted by Gasteiger charge is -2.35. The SMILES string of the molecule is CC1(C)C(=O)NC(=O)N1CC(=O)N1CCOC(CCCc2ccccc2)C1. The number of carbonyl (C=O) groups excluding carboxylic acids is 3. The monoisotopic (exact) mass is 373 g/mol. The van der Waals surface area contributed by atoms with Gasteiger partial charge in [0.15, 0.2) is 0 Å². The fourth-order valence-corrected chi connectivity index (χ4v) is 3.50. The third-order valence-electron chi connectivity index (χ3n) is 5.32. The topological polar surface area (TPSA) is 79.0 Å². The standard InChI is InChI=1S/C20H27N3O4/c1-20(2)18(25)21-19(26)23(20)14-17(24)22-11-12-27-16(13-22)10-6-9-15-7-4-3-5-8-15/h3-5,7-8,16H,6,9-14H2,1-2H3,(H,21,25,26). The lowest BCUT2D eigenvalue weighted by molar-refractivity contribution is -0.140. The number of morpholine rings is 1. The summed E-state index contributed by atoms with van der Waals surface area (Å²) in [7, 11) is 0. The molecule has 2 heterocycles. The fourth-order valence-electron chi connectivity index (χ4n) is 3.50. The van der Waals surface area contributed by atoms with E-state index in [0.717, 1.165) is 19.3 Å². The molecule has 1 N–H and O–H groups in total. The van der Waals surface area contributed by atoms with Crippen LogP contribution < -0.4 is 5.32 Å². The van der Waals surface area contributed by atoms with E-state index in [0.29, 0.717) is 19.7 Å². The number of nitrogens with zero attached hydrogens (tertiary/aromatic N) is 2. The van der Waals surface area contributed by atoms with E-state index in [1.807, 2.05) is 18.2 Å². The molecule has 1 aromatic carbocycles. The number of amides is 4. The average molecular weight is 373 g/mol. The Hall–Kier alpha value is -2.41. The maximum Gasteiger partial charge on any atom is 0.325 e. The molecule has 27 heavy (non-hydrogen) atoms. The molecular weight excluding hydrogens is 346 g/mol. The molecule has 1 unspecified atom stereocenters. The van der Waals surface area contributed by atoms with Crippen molar-refractivity contribution >= 4 is 17.8 Å². The zero-order chi connectivity index (χ0) is 19.4. The lowest BCUT2D eigenvalue weighted by atomic mass is 10.0. The van der Waals surface area contributed by atoms with Crippen LogP contribution in [0, 0.1) is 0 Å². The second kappa shape index (κ2) is 8.08. The van der Waals surface area contributed by atoms with E-state index in [1.54, 1.807) is 18.7 Å². The van der Waals surface area contributed by atoms with Crippen LogP contribution in [0.2, 0.25) is 0 Å². The van der Waals surface area contributed by atoms with Gasteiger partial charge >= 0.3 is 6.03 Å². The molecule has 0 bridgehead atoms. The Balaban J connectivity index is 1.49. The molecule has 2 aliphatic rings. The van der Waals surface area contributed by atoms with Crippen LogP contribution in [0.4, 0.5) is 4.79 Å². The summed E-state index contributed by atoms with van der Waals surface area (Å²) < 4.78 is 5.80. The van der Waals surface area contributed by atoms with E-state index >= 15 is 0 Å². The van der Waals surface area contributed by atoms with Crippen molar-refractivity contribution in [3.8, 4) is 0 Å². The molecule has 2 fully saturated rings. The third kappa shape index (κ3) is 4.47. The van der Waals surface area contributed by atoms with Crippen molar-refractivity contribution < 1.29 is 19.1 Å². The van der Waals surface area contributed by atoms with Gasteiger partial charge in [0, 0.05) is 13.1 Å². The second-order valence-corrected chi connectivity index (χ2v) is 7.61. The molecule has 0 saturated carbocycles. The molecular formula is C20H27N3O4. The quantitative estimate of drug-likeness (QED) is 0.768. The summed E-state index contributed by atoms with van der Waals surface area (Å²) in [5, 5.41) is 2.27.